The normalized spacial score (nSPS) is 17.0. The maximum Gasteiger partial charge on any atom is 0.340 e. The van der Waals surface area contributed by atoms with Gasteiger partial charge in [0.05, 0.1) is 24.2 Å². The summed E-state index contributed by atoms with van der Waals surface area (Å²) >= 11 is 0. The smallest absolute Gasteiger partial charge is 0.340 e. The van der Waals surface area contributed by atoms with Gasteiger partial charge in [-0.3, -0.25) is 9.78 Å². The number of carbonyl (C=O) groups is 1. The van der Waals surface area contributed by atoms with Crippen LogP contribution in [0.3, 0.4) is 0 Å². The molecule has 5 rings (SSSR count). The molecule has 1 saturated carbocycles. The van der Waals surface area contributed by atoms with Gasteiger partial charge in [-0.05, 0) is 74.8 Å². The molecule has 32 heavy (non-hydrogen) atoms. The summed E-state index contributed by atoms with van der Waals surface area (Å²) in [5, 5.41) is 3.70. The zero-order chi connectivity index (χ0) is 22.1. The number of nitrogens with one attached hydrogen (secondary N) is 1. The fraction of sp³-hybridized carbons (Fsp3) is 0.423. The van der Waals surface area contributed by atoms with Crippen LogP contribution in [-0.2, 0) is 24.2 Å². The highest BCUT2D eigenvalue weighted by atomic mass is 16.5. The molecule has 166 valence electrons. The van der Waals surface area contributed by atoms with Gasteiger partial charge in [0.15, 0.2) is 0 Å². The first-order valence-electron chi connectivity index (χ1n) is 11.5. The number of hydrogen-bond acceptors (Lipinski definition) is 5. The van der Waals surface area contributed by atoms with Gasteiger partial charge in [0.1, 0.15) is 16.9 Å². The molecule has 3 heterocycles. The van der Waals surface area contributed by atoms with Crippen LogP contribution in [0, 0.1) is 6.92 Å². The first-order valence-corrected chi connectivity index (χ1v) is 11.5. The number of aryl methyl sites for hydroxylation is 2. The summed E-state index contributed by atoms with van der Waals surface area (Å²) in [5.41, 5.74) is 3.12. The van der Waals surface area contributed by atoms with Crippen molar-refractivity contribution >= 4 is 16.9 Å². The molecule has 1 fully saturated rings. The Hall–Kier alpha value is -3.15. The van der Waals surface area contributed by atoms with E-state index in [4.69, 9.17) is 9.15 Å². The molecule has 0 unspecified atom stereocenters. The number of nitrogens with zero attached hydrogens (tertiary/aromatic N) is 1. The van der Waals surface area contributed by atoms with Gasteiger partial charge in [-0.1, -0.05) is 12.5 Å². The summed E-state index contributed by atoms with van der Waals surface area (Å²) in [6.07, 6.45) is 9.55. The van der Waals surface area contributed by atoms with Gasteiger partial charge in [-0.25, -0.2) is 4.79 Å². The lowest BCUT2D eigenvalue weighted by Gasteiger charge is -2.41. The Morgan fingerprint density at radius 1 is 1.16 bits per heavy atom. The van der Waals surface area contributed by atoms with Gasteiger partial charge in [0.2, 0.25) is 5.91 Å². The maximum absolute atomic E-state index is 12.7. The van der Waals surface area contributed by atoms with Gasteiger partial charge in [-0.15, -0.1) is 0 Å². The predicted molar refractivity (Wildman–Crippen MR) is 122 cm³/mol. The van der Waals surface area contributed by atoms with E-state index in [9.17, 15) is 9.59 Å². The van der Waals surface area contributed by atoms with Crippen LogP contribution in [0.2, 0.25) is 0 Å². The summed E-state index contributed by atoms with van der Waals surface area (Å²) < 4.78 is 12.1. The van der Waals surface area contributed by atoms with E-state index in [1.165, 1.54) is 19.3 Å². The Labute approximate surface area is 187 Å². The van der Waals surface area contributed by atoms with E-state index in [1.807, 2.05) is 31.2 Å². The molecule has 0 atom stereocenters. The van der Waals surface area contributed by atoms with E-state index in [0.717, 1.165) is 53.6 Å². The lowest BCUT2D eigenvalue weighted by atomic mass is 9.79. The third kappa shape index (κ3) is 4.01. The second-order valence-corrected chi connectivity index (χ2v) is 9.07. The molecule has 2 aromatic heterocycles. The molecule has 1 aliphatic heterocycles. The van der Waals surface area contributed by atoms with Crippen LogP contribution in [0.25, 0.3) is 11.0 Å². The quantitative estimate of drug-likeness (QED) is 0.619. The molecule has 0 radical (unpaired) electrons. The first kappa shape index (κ1) is 20.7. The number of amides is 1. The Morgan fingerprint density at radius 2 is 2.00 bits per heavy atom. The number of rotatable bonds is 4. The molecular formula is C26H28N2O4. The fourth-order valence-electron chi connectivity index (χ4n) is 5.07. The number of ether oxygens (including phenoxy) is 1. The number of benzene rings is 1. The average Bonchev–Trinajstić information content (AvgIpc) is 2.81. The Morgan fingerprint density at radius 3 is 2.78 bits per heavy atom. The highest BCUT2D eigenvalue weighted by molar-refractivity contribution is 5.86. The van der Waals surface area contributed by atoms with Gasteiger partial charge in [-0.2, -0.15) is 0 Å². The summed E-state index contributed by atoms with van der Waals surface area (Å²) in [4.78, 5) is 29.4. The lowest BCUT2D eigenvalue weighted by molar-refractivity contribution is -0.120. The van der Waals surface area contributed by atoms with E-state index >= 15 is 0 Å². The molecule has 1 amide bonds. The highest BCUT2D eigenvalue weighted by Crippen LogP contribution is 2.43. The molecule has 3 aromatic rings. The Balaban J connectivity index is 1.39. The van der Waals surface area contributed by atoms with Gasteiger partial charge >= 0.3 is 5.63 Å². The van der Waals surface area contributed by atoms with E-state index in [2.05, 4.69) is 16.4 Å². The van der Waals surface area contributed by atoms with Crippen molar-refractivity contribution in [3.63, 3.8) is 0 Å². The van der Waals surface area contributed by atoms with Crippen LogP contribution in [0.1, 0.15) is 60.9 Å². The minimum atomic E-state index is -0.467. The minimum absolute atomic E-state index is 0.0202. The van der Waals surface area contributed by atoms with Crippen molar-refractivity contribution < 1.29 is 13.9 Å². The van der Waals surface area contributed by atoms with Crippen LogP contribution < -0.4 is 15.7 Å². The molecule has 0 bridgehead atoms. The zero-order valence-corrected chi connectivity index (χ0v) is 18.4. The molecule has 6 heteroatoms. The number of fused-ring (bicyclic) bond motifs is 2. The van der Waals surface area contributed by atoms with Crippen LogP contribution in [0.15, 0.2) is 45.7 Å². The van der Waals surface area contributed by atoms with Crippen molar-refractivity contribution in [1.82, 2.24) is 10.3 Å². The lowest BCUT2D eigenvalue weighted by Crippen LogP contribution is -2.41. The van der Waals surface area contributed by atoms with E-state index in [1.54, 1.807) is 6.20 Å². The third-order valence-electron chi connectivity index (χ3n) is 6.94. The fourth-order valence-corrected chi connectivity index (χ4v) is 5.07. The van der Waals surface area contributed by atoms with Crippen LogP contribution in [0.4, 0.5) is 0 Å². The minimum Gasteiger partial charge on any atom is -0.487 e. The number of aromatic nitrogens is 1. The van der Waals surface area contributed by atoms with Gasteiger partial charge in [0, 0.05) is 17.6 Å². The molecule has 2 aliphatic rings. The number of pyridine rings is 1. The molecule has 1 N–H and O–H groups in total. The second-order valence-electron chi connectivity index (χ2n) is 9.07. The zero-order valence-electron chi connectivity index (χ0n) is 18.4. The standard InChI is InChI=1S/C26H28N2O4/c1-17-20-13-18-8-11-26(9-4-2-5-10-26)32-22(18)15-23(20)31-25(30)21(17)14-24(29)28-16-19-7-3-6-12-27-19/h3,6-7,12-13,15H,2,4-5,8-11,14,16H2,1H3,(H,28,29). The van der Waals surface area contributed by atoms with E-state index in [0.29, 0.717) is 17.7 Å². The van der Waals surface area contributed by atoms with E-state index in [-0.39, 0.29) is 17.9 Å². The predicted octanol–water partition coefficient (Wildman–Crippen LogP) is 4.38. The van der Waals surface area contributed by atoms with Crippen LogP contribution in [-0.4, -0.2) is 16.5 Å². The van der Waals surface area contributed by atoms with Crippen molar-refractivity contribution in [2.45, 2.75) is 70.4 Å². The number of hydrogen-bond donors (Lipinski definition) is 1. The SMILES string of the molecule is Cc1c(CC(=O)NCc2ccccn2)c(=O)oc2cc3c(cc12)CCC1(CCCCC1)O3. The van der Waals surface area contributed by atoms with E-state index < -0.39 is 5.63 Å². The Bertz CT molecular complexity index is 1210. The monoisotopic (exact) mass is 432 g/mol. The van der Waals surface area contributed by atoms with Gasteiger partial charge < -0.3 is 14.5 Å². The summed E-state index contributed by atoms with van der Waals surface area (Å²) in [7, 11) is 0. The average molecular weight is 433 g/mol. The second kappa shape index (κ2) is 8.41. The highest BCUT2D eigenvalue weighted by Gasteiger charge is 2.37. The summed E-state index contributed by atoms with van der Waals surface area (Å²) in [5.74, 6) is 0.611. The van der Waals surface area contributed by atoms with Crippen molar-refractivity contribution in [3.05, 3.63) is 69.3 Å². The van der Waals surface area contributed by atoms with Crippen LogP contribution >= 0.6 is 0 Å². The first-order chi connectivity index (χ1) is 15.5. The van der Waals surface area contributed by atoms with Crippen molar-refractivity contribution in [1.29, 1.82) is 0 Å². The largest absolute Gasteiger partial charge is 0.487 e. The van der Waals surface area contributed by atoms with Crippen LogP contribution in [0.5, 0.6) is 5.75 Å². The van der Waals surface area contributed by atoms with Crippen molar-refractivity contribution in [2.24, 2.45) is 0 Å². The van der Waals surface area contributed by atoms with Crippen molar-refractivity contribution in [3.8, 4) is 5.75 Å². The molecule has 1 aliphatic carbocycles. The summed E-state index contributed by atoms with van der Waals surface area (Å²) in [6, 6.07) is 9.50. The molecule has 1 aromatic carbocycles. The topological polar surface area (TPSA) is 81.4 Å². The summed E-state index contributed by atoms with van der Waals surface area (Å²) in [6.45, 7) is 2.21. The Kier molecular flexibility index (Phi) is 5.45. The molecule has 6 nitrogen and oxygen atoms in total. The van der Waals surface area contributed by atoms with Crippen molar-refractivity contribution in [2.75, 3.05) is 0 Å². The maximum atomic E-state index is 12.7. The number of carbonyl (C=O) groups excluding carboxylic acids is 1. The molecule has 0 saturated heterocycles. The molecule has 1 spiro atoms. The van der Waals surface area contributed by atoms with Gasteiger partial charge in [0.25, 0.3) is 0 Å². The molecular weight excluding hydrogens is 404 g/mol. The third-order valence-corrected chi connectivity index (χ3v) is 6.94.